The zero-order valence-corrected chi connectivity index (χ0v) is 11.3. The Morgan fingerprint density at radius 3 is 2.59 bits per heavy atom. The van der Waals surface area contributed by atoms with Crippen LogP contribution >= 0.6 is 0 Å². The number of nitrogens with two attached hydrogens (primary N) is 1. The molecule has 96 valence electrons. The van der Waals surface area contributed by atoms with E-state index in [0.717, 1.165) is 5.56 Å². The van der Waals surface area contributed by atoms with Gasteiger partial charge in [0.15, 0.2) is 9.84 Å². The number of benzene rings is 1. The molecule has 1 aromatic carbocycles. The van der Waals surface area contributed by atoms with E-state index in [2.05, 4.69) is 0 Å². The van der Waals surface area contributed by atoms with E-state index in [0.29, 0.717) is 11.3 Å². The molecule has 0 saturated heterocycles. The lowest BCUT2D eigenvalue weighted by Crippen LogP contribution is -2.27. The molecule has 1 aromatic rings. The summed E-state index contributed by atoms with van der Waals surface area (Å²) in [4.78, 5) is 0. The summed E-state index contributed by atoms with van der Waals surface area (Å²) in [6, 6.07) is 5.15. The van der Waals surface area contributed by atoms with Crippen LogP contribution in [-0.2, 0) is 15.6 Å². The van der Waals surface area contributed by atoms with Crippen LogP contribution in [0.5, 0.6) is 5.75 Å². The first-order valence-electron chi connectivity index (χ1n) is 5.43. The fraction of sp³-hybridized carbons (Fsp3) is 0.500. The maximum absolute atomic E-state index is 11.9. The first kappa shape index (κ1) is 14.0. The second-order valence-corrected chi connectivity index (χ2v) is 6.46. The topological polar surface area (TPSA) is 69.4 Å². The van der Waals surface area contributed by atoms with Gasteiger partial charge < -0.3 is 10.5 Å². The van der Waals surface area contributed by atoms with E-state index in [4.69, 9.17) is 10.5 Å². The number of methoxy groups -OCH3 is 1. The van der Waals surface area contributed by atoms with Crippen molar-refractivity contribution in [3.05, 3.63) is 29.3 Å². The van der Waals surface area contributed by atoms with Crippen molar-refractivity contribution in [3.8, 4) is 5.75 Å². The molecule has 1 rings (SSSR count). The molecule has 1 unspecified atom stereocenters. The van der Waals surface area contributed by atoms with Crippen LogP contribution in [0.4, 0.5) is 0 Å². The Labute approximate surface area is 103 Å². The van der Waals surface area contributed by atoms with Gasteiger partial charge in [0.05, 0.1) is 18.6 Å². The van der Waals surface area contributed by atoms with Gasteiger partial charge in [-0.15, -0.1) is 0 Å². The summed E-state index contributed by atoms with van der Waals surface area (Å²) in [6.07, 6.45) is 0. The van der Waals surface area contributed by atoms with Crippen LogP contribution in [-0.4, -0.2) is 27.3 Å². The molecule has 0 amide bonds. The van der Waals surface area contributed by atoms with E-state index in [1.807, 2.05) is 19.1 Å². The number of hydrogen-bond acceptors (Lipinski definition) is 4. The Bertz CT molecular complexity index is 481. The summed E-state index contributed by atoms with van der Waals surface area (Å²) < 4.78 is 28.9. The molecule has 2 N–H and O–H groups in total. The Hall–Kier alpha value is -1.07. The van der Waals surface area contributed by atoms with Gasteiger partial charge >= 0.3 is 0 Å². The monoisotopic (exact) mass is 257 g/mol. The van der Waals surface area contributed by atoms with Gasteiger partial charge in [0.25, 0.3) is 0 Å². The molecule has 1 atom stereocenters. The SMILES string of the molecule is COc1ccc(C)cc1CS(=O)(=O)CC(C)N. The van der Waals surface area contributed by atoms with Gasteiger partial charge in [-0.1, -0.05) is 17.7 Å². The predicted octanol–water partition coefficient (Wildman–Crippen LogP) is 1.27. The van der Waals surface area contributed by atoms with Crippen molar-refractivity contribution in [1.29, 1.82) is 0 Å². The van der Waals surface area contributed by atoms with Gasteiger partial charge in [-0.2, -0.15) is 0 Å². The molecule has 0 spiro atoms. The zero-order valence-electron chi connectivity index (χ0n) is 10.4. The van der Waals surface area contributed by atoms with Crippen LogP contribution in [0.2, 0.25) is 0 Å². The maximum atomic E-state index is 11.9. The molecule has 0 heterocycles. The smallest absolute Gasteiger partial charge is 0.156 e. The minimum absolute atomic E-state index is 0.00983. The second-order valence-electron chi connectivity index (χ2n) is 4.35. The minimum atomic E-state index is -3.19. The van der Waals surface area contributed by atoms with Crippen molar-refractivity contribution in [1.82, 2.24) is 0 Å². The fourth-order valence-corrected chi connectivity index (χ4v) is 3.33. The van der Waals surface area contributed by atoms with Crippen LogP contribution in [0.15, 0.2) is 18.2 Å². The highest BCUT2D eigenvalue weighted by molar-refractivity contribution is 7.90. The Balaban J connectivity index is 2.98. The Morgan fingerprint density at radius 2 is 2.06 bits per heavy atom. The van der Waals surface area contributed by atoms with Gasteiger partial charge in [0.1, 0.15) is 5.75 Å². The Morgan fingerprint density at radius 1 is 1.41 bits per heavy atom. The Kier molecular flexibility index (Phi) is 4.54. The van der Waals surface area contributed by atoms with E-state index in [-0.39, 0.29) is 17.5 Å². The van der Waals surface area contributed by atoms with E-state index in [9.17, 15) is 8.42 Å². The molecule has 0 aliphatic heterocycles. The highest BCUT2D eigenvalue weighted by atomic mass is 32.2. The van der Waals surface area contributed by atoms with E-state index in [1.165, 1.54) is 7.11 Å². The van der Waals surface area contributed by atoms with E-state index >= 15 is 0 Å². The number of ether oxygens (including phenoxy) is 1. The summed E-state index contributed by atoms with van der Waals surface area (Å²) in [7, 11) is -1.65. The van der Waals surface area contributed by atoms with Crippen molar-refractivity contribution >= 4 is 9.84 Å². The van der Waals surface area contributed by atoms with Crippen LogP contribution in [0.3, 0.4) is 0 Å². The van der Waals surface area contributed by atoms with Gasteiger partial charge in [0.2, 0.25) is 0 Å². The lowest BCUT2D eigenvalue weighted by Gasteiger charge is -2.11. The average Bonchev–Trinajstić information content (AvgIpc) is 2.14. The molecule has 0 bridgehead atoms. The number of sulfone groups is 1. The molecule has 4 nitrogen and oxygen atoms in total. The largest absolute Gasteiger partial charge is 0.496 e. The van der Waals surface area contributed by atoms with Crippen LogP contribution in [0, 0.1) is 6.92 Å². The summed E-state index contributed by atoms with van der Waals surface area (Å²) in [6.45, 7) is 3.60. The first-order valence-corrected chi connectivity index (χ1v) is 7.25. The molecule has 0 saturated carbocycles. The lowest BCUT2D eigenvalue weighted by atomic mass is 10.1. The first-order chi connectivity index (χ1) is 7.84. The second kappa shape index (κ2) is 5.51. The van der Waals surface area contributed by atoms with Crippen LogP contribution in [0.25, 0.3) is 0 Å². The summed E-state index contributed by atoms with van der Waals surface area (Å²) in [5.74, 6) is 0.563. The minimum Gasteiger partial charge on any atom is -0.496 e. The molecular formula is C12H19NO3S. The quantitative estimate of drug-likeness (QED) is 0.862. The summed E-state index contributed by atoms with van der Waals surface area (Å²) in [5.41, 5.74) is 7.22. The molecule has 5 heteroatoms. The summed E-state index contributed by atoms with van der Waals surface area (Å²) in [5, 5.41) is 0. The number of aryl methyl sites for hydroxylation is 1. The third-order valence-electron chi connectivity index (χ3n) is 2.33. The predicted molar refractivity (Wildman–Crippen MR) is 68.9 cm³/mol. The molecule has 17 heavy (non-hydrogen) atoms. The fourth-order valence-electron chi connectivity index (χ4n) is 1.72. The third-order valence-corrected chi connectivity index (χ3v) is 4.11. The third kappa shape index (κ3) is 4.36. The molecule has 0 radical (unpaired) electrons. The molecule has 0 fully saturated rings. The lowest BCUT2D eigenvalue weighted by molar-refractivity contribution is 0.411. The molecule has 0 aliphatic rings. The van der Waals surface area contributed by atoms with E-state index in [1.54, 1.807) is 13.0 Å². The molecule has 0 aliphatic carbocycles. The van der Waals surface area contributed by atoms with Crippen molar-refractivity contribution < 1.29 is 13.2 Å². The van der Waals surface area contributed by atoms with Crippen molar-refractivity contribution in [2.45, 2.75) is 25.6 Å². The van der Waals surface area contributed by atoms with Gasteiger partial charge in [-0.05, 0) is 19.9 Å². The standard InChI is InChI=1S/C12H19NO3S/c1-9-4-5-12(16-3)11(6-9)8-17(14,15)7-10(2)13/h4-6,10H,7-8,13H2,1-3H3. The normalized spacial score (nSPS) is 13.4. The molecular weight excluding hydrogens is 238 g/mol. The maximum Gasteiger partial charge on any atom is 0.156 e. The highest BCUT2D eigenvalue weighted by Crippen LogP contribution is 2.22. The van der Waals surface area contributed by atoms with Crippen LogP contribution < -0.4 is 10.5 Å². The van der Waals surface area contributed by atoms with Gasteiger partial charge in [-0.3, -0.25) is 0 Å². The summed E-state index contributed by atoms with van der Waals surface area (Å²) >= 11 is 0. The van der Waals surface area contributed by atoms with Crippen molar-refractivity contribution in [2.24, 2.45) is 5.73 Å². The van der Waals surface area contributed by atoms with Gasteiger partial charge in [0, 0.05) is 11.6 Å². The van der Waals surface area contributed by atoms with Crippen LogP contribution in [0.1, 0.15) is 18.1 Å². The van der Waals surface area contributed by atoms with Crippen molar-refractivity contribution in [2.75, 3.05) is 12.9 Å². The van der Waals surface area contributed by atoms with E-state index < -0.39 is 9.84 Å². The van der Waals surface area contributed by atoms with Crippen molar-refractivity contribution in [3.63, 3.8) is 0 Å². The average molecular weight is 257 g/mol. The highest BCUT2D eigenvalue weighted by Gasteiger charge is 2.17. The van der Waals surface area contributed by atoms with Gasteiger partial charge in [-0.25, -0.2) is 8.42 Å². The zero-order chi connectivity index (χ0) is 13.1. The number of hydrogen-bond donors (Lipinski definition) is 1. The molecule has 0 aromatic heterocycles. The number of rotatable bonds is 5.